The standard InChI is InChI=1S/C13H19NO2/c1-8-6-10(16-3)7-11(12(8)15)13(4-5-13)9(2)14/h6-7,9,15H,4-5,14H2,1-3H3. The van der Waals surface area contributed by atoms with Crippen LogP contribution in [0.25, 0.3) is 0 Å². The van der Waals surface area contributed by atoms with E-state index in [1.807, 2.05) is 26.0 Å². The predicted molar refractivity (Wildman–Crippen MR) is 64.0 cm³/mol. The molecule has 1 fully saturated rings. The molecule has 1 atom stereocenters. The van der Waals surface area contributed by atoms with Crippen molar-refractivity contribution in [2.24, 2.45) is 5.73 Å². The molecular formula is C13H19NO2. The lowest BCUT2D eigenvalue weighted by atomic mass is 9.87. The normalized spacial score (nSPS) is 19.2. The first kappa shape index (κ1) is 11.3. The number of benzene rings is 1. The van der Waals surface area contributed by atoms with E-state index in [-0.39, 0.29) is 11.5 Å². The highest BCUT2D eigenvalue weighted by atomic mass is 16.5. The number of hydrogen-bond acceptors (Lipinski definition) is 3. The molecule has 1 unspecified atom stereocenters. The fraction of sp³-hybridized carbons (Fsp3) is 0.538. The average molecular weight is 221 g/mol. The number of aryl methyl sites for hydroxylation is 1. The Labute approximate surface area is 96.2 Å². The summed E-state index contributed by atoms with van der Waals surface area (Å²) in [5.74, 6) is 1.16. The Balaban J connectivity index is 2.52. The molecule has 3 nitrogen and oxygen atoms in total. The molecule has 0 bridgehead atoms. The quantitative estimate of drug-likeness (QED) is 0.821. The molecule has 1 aliphatic rings. The number of methoxy groups -OCH3 is 1. The highest BCUT2D eigenvalue weighted by Gasteiger charge is 2.49. The first-order valence-corrected chi connectivity index (χ1v) is 5.65. The SMILES string of the molecule is COc1cc(C)c(O)c(C2(C(C)N)CC2)c1. The fourth-order valence-electron chi connectivity index (χ4n) is 2.35. The number of ether oxygens (including phenoxy) is 1. The Morgan fingerprint density at radius 1 is 1.44 bits per heavy atom. The minimum Gasteiger partial charge on any atom is -0.507 e. The van der Waals surface area contributed by atoms with Crippen molar-refractivity contribution in [2.45, 2.75) is 38.1 Å². The second kappa shape index (κ2) is 3.67. The summed E-state index contributed by atoms with van der Waals surface area (Å²) in [5, 5.41) is 10.1. The topological polar surface area (TPSA) is 55.5 Å². The van der Waals surface area contributed by atoms with Crippen LogP contribution in [0.15, 0.2) is 12.1 Å². The Morgan fingerprint density at radius 2 is 2.06 bits per heavy atom. The van der Waals surface area contributed by atoms with Gasteiger partial charge < -0.3 is 15.6 Å². The van der Waals surface area contributed by atoms with Crippen LogP contribution in [0.5, 0.6) is 11.5 Å². The third-order valence-corrected chi connectivity index (χ3v) is 3.71. The minimum atomic E-state index is -0.0383. The molecule has 1 aromatic carbocycles. The van der Waals surface area contributed by atoms with E-state index in [2.05, 4.69) is 0 Å². The predicted octanol–water partition coefficient (Wildman–Crippen LogP) is 2.09. The van der Waals surface area contributed by atoms with Crippen LogP contribution in [-0.2, 0) is 5.41 Å². The molecule has 3 heteroatoms. The van der Waals surface area contributed by atoms with E-state index in [0.717, 1.165) is 29.7 Å². The molecule has 16 heavy (non-hydrogen) atoms. The van der Waals surface area contributed by atoms with E-state index >= 15 is 0 Å². The van der Waals surface area contributed by atoms with Crippen molar-refractivity contribution in [3.8, 4) is 11.5 Å². The van der Waals surface area contributed by atoms with Gasteiger partial charge in [-0.3, -0.25) is 0 Å². The van der Waals surface area contributed by atoms with Gasteiger partial charge in [-0.2, -0.15) is 0 Å². The van der Waals surface area contributed by atoms with Crippen molar-refractivity contribution in [3.05, 3.63) is 23.3 Å². The molecule has 1 saturated carbocycles. The van der Waals surface area contributed by atoms with E-state index in [0.29, 0.717) is 5.75 Å². The van der Waals surface area contributed by atoms with Gasteiger partial charge in [0.25, 0.3) is 0 Å². The van der Waals surface area contributed by atoms with E-state index in [1.54, 1.807) is 7.11 Å². The summed E-state index contributed by atoms with van der Waals surface area (Å²) in [4.78, 5) is 0. The second-order valence-corrected chi connectivity index (χ2v) is 4.79. The number of hydrogen-bond donors (Lipinski definition) is 2. The largest absolute Gasteiger partial charge is 0.507 e. The van der Waals surface area contributed by atoms with Gasteiger partial charge >= 0.3 is 0 Å². The van der Waals surface area contributed by atoms with Crippen LogP contribution in [0.1, 0.15) is 30.9 Å². The van der Waals surface area contributed by atoms with Crippen molar-refractivity contribution in [2.75, 3.05) is 7.11 Å². The third kappa shape index (κ3) is 1.55. The zero-order valence-corrected chi connectivity index (χ0v) is 10.1. The third-order valence-electron chi connectivity index (χ3n) is 3.71. The lowest BCUT2D eigenvalue weighted by molar-refractivity contribution is 0.404. The molecule has 0 saturated heterocycles. The first-order valence-electron chi connectivity index (χ1n) is 5.65. The van der Waals surface area contributed by atoms with Crippen molar-refractivity contribution in [1.82, 2.24) is 0 Å². The molecule has 0 aliphatic heterocycles. The molecule has 2 rings (SSSR count). The number of nitrogens with two attached hydrogens (primary N) is 1. The zero-order valence-electron chi connectivity index (χ0n) is 10.1. The summed E-state index contributed by atoms with van der Waals surface area (Å²) >= 11 is 0. The Morgan fingerprint density at radius 3 is 2.50 bits per heavy atom. The molecule has 0 heterocycles. The highest BCUT2D eigenvalue weighted by molar-refractivity contribution is 5.52. The van der Waals surface area contributed by atoms with Gasteiger partial charge in [-0.15, -0.1) is 0 Å². The Bertz CT molecular complexity index is 409. The molecule has 0 amide bonds. The number of phenols is 1. The molecular weight excluding hydrogens is 202 g/mol. The molecule has 0 aromatic heterocycles. The molecule has 1 aromatic rings. The summed E-state index contributed by atoms with van der Waals surface area (Å²) in [6.07, 6.45) is 2.09. The Kier molecular flexibility index (Phi) is 2.58. The minimum absolute atomic E-state index is 0.0383. The summed E-state index contributed by atoms with van der Waals surface area (Å²) in [5.41, 5.74) is 7.78. The maximum Gasteiger partial charge on any atom is 0.122 e. The lowest BCUT2D eigenvalue weighted by Gasteiger charge is -2.22. The van der Waals surface area contributed by atoms with Gasteiger partial charge in [-0.1, -0.05) is 0 Å². The van der Waals surface area contributed by atoms with Gasteiger partial charge in [-0.25, -0.2) is 0 Å². The highest BCUT2D eigenvalue weighted by Crippen LogP contribution is 2.54. The van der Waals surface area contributed by atoms with Crippen LogP contribution in [0.2, 0.25) is 0 Å². The number of phenolic OH excluding ortho intramolecular Hbond substituents is 1. The monoisotopic (exact) mass is 221 g/mol. The van der Waals surface area contributed by atoms with Gasteiger partial charge in [0.05, 0.1) is 7.11 Å². The number of rotatable bonds is 3. The molecule has 0 spiro atoms. The van der Waals surface area contributed by atoms with E-state index in [1.165, 1.54) is 0 Å². The van der Waals surface area contributed by atoms with E-state index in [4.69, 9.17) is 10.5 Å². The van der Waals surface area contributed by atoms with Crippen molar-refractivity contribution < 1.29 is 9.84 Å². The van der Waals surface area contributed by atoms with Crippen molar-refractivity contribution in [3.63, 3.8) is 0 Å². The van der Waals surface area contributed by atoms with Gasteiger partial charge in [-0.05, 0) is 44.4 Å². The van der Waals surface area contributed by atoms with Gasteiger partial charge in [0.2, 0.25) is 0 Å². The van der Waals surface area contributed by atoms with Crippen LogP contribution >= 0.6 is 0 Å². The van der Waals surface area contributed by atoms with E-state index in [9.17, 15) is 5.11 Å². The van der Waals surface area contributed by atoms with Crippen LogP contribution in [0.3, 0.4) is 0 Å². The van der Waals surface area contributed by atoms with Crippen LogP contribution in [0.4, 0.5) is 0 Å². The van der Waals surface area contributed by atoms with Crippen molar-refractivity contribution in [1.29, 1.82) is 0 Å². The van der Waals surface area contributed by atoms with E-state index < -0.39 is 0 Å². The van der Waals surface area contributed by atoms with Gasteiger partial charge in [0, 0.05) is 17.0 Å². The van der Waals surface area contributed by atoms with Gasteiger partial charge in [0.15, 0.2) is 0 Å². The first-order chi connectivity index (χ1) is 7.51. The lowest BCUT2D eigenvalue weighted by Crippen LogP contribution is -2.31. The smallest absolute Gasteiger partial charge is 0.122 e. The number of aromatic hydroxyl groups is 1. The molecule has 3 N–H and O–H groups in total. The maximum absolute atomic E-state index is 10.1. The molecule has 0 radical (unpaired) electrons. The summed E-state index contributed by atoms with van der Waals surface area (Å²) in [6.45, 7) is 3.89. The van der Waals surface area contributed by atoms with Crippen molar-refractivity contribution >= 4 is 0 Å². The summed E-state index contributed by atoms with van der Waals surface area (Å²) in [6, 6.07) is 3.82. The van der Waals surface area contributed by atoms with Gasteiger partial charge in [0.1, 0.15) is 11.5 Å². The Hall–Kier alpha value is -1.22. The van der Waals surface area contributed by atoms with Crippen LogP contribution in [0, 0.1) is 6.92 Å². The molecule has 88 valence electrons. The zero-order chi connectivity index (χ0) is 11.9. The summed E-state index contributed by atoms with van der Waals surface area (Å²) < 4.78 is 5.24. The fourth-order valence-corrected chi connectivity index (χ4v) is 2.35. The average Bonchev–Trinajstić information content (AvgIpc) is 3.02. The summed E-state index contributed by atoms with van der Waals surface area (Å²) in [7, 11) is 1.64. The molecule has 1 aliphatic carbocycles. The maximum atomic E-state index is 10.1. The van der Waals surface area contributed by atoms with Crippen LogP contribution < -0.4 is 10.5 Å². The van der Waals surface area contributed by atoms with Crippen LogP contribution in [-0.4, -0.2) is 18.3 Å². The second-order valence-electron chi connectivity index (χ2n) is 4.79.